The van der Waals surface area contributed by atoms with Gasteiger partial charge in [0.2, 0.25) is 0 Å². The quantitative estimate of drug-likeness (QED) is 0.742. The topological polar surface area (TPSA) is 93.1 Å². The van der Waals surface area contributed by atoms with E-state index < -0.39 is 27.6 Å². The van der Waals surface area contributed by atoms with E-state index in [9.17, 15) is 22.0 Å². The molecule has 0 spiro atoms. The number of nitrogens with zero attached hydrogens (tertiary/aromatic N) is 2. The van der Waals surface area contributed by atoms with Crippen LogP contribution in [0.5, 0.6) is 0 Å². The lowest BCUT2D eigenvalue weighted by molar-refractivity contribution is 0.0953. The van der Waals surface area contributed by atoms with Crippen LogP contribution in [-0.4, -0.2) is 37.0 Å². The number of hydrogen-bond acceptors (Lipinski definition) is 4. The van der Waals surface area contributed by atoms with Crippen molar-refractivity contribution >= 4 is 15.9 Å². The normalized spacial score (nSPS) is 11.4. The molecule has 124 valence electrons. The number of rotatable bonds is 6. The predicted octanol–water partition coefficient (Wildman–Crippen LogP) is 0.407. The highest BCUT2D eigenvalue weighted by molar-refractivity contribution is 7.89. The lowest BCUT2D eigenvalue weighted by atomic mass is 10.2. The molecule has 0 radical (unpaired) electrons. The van der Waals surface area contributed by atoms with E-state index in [0.29, 0.717) is 0 Å². The van der Waals surface area contributed by atoms with Crippen LogP contribution >= 0.6 is 0 Å². The molecule has 1 heterocycles. The molecule has 0 saturated carbocycles. The molecule has 1 aromatic carbocycles. The van der Waals surface area contributed by atoms with E-state index in [1.54, 1.807) is 7.05 Å². The Bertz CT molecular complexity index is 820. The first-order valence-electron chi connectivity index (χ1n) is 6.50. The number of sulfonamides is 1. The summed E-state index contributed by atoms with van der Waals surface area (Å²) >= 11 is 0. The van der Waals surface area contributed by atoms with Crippen LogP contribution < -0.4 is 10.0 Å². The minimum atomic E-state index is -3.76. The number of carbonyl (C=O) groups is 1. The van der Waals surface area contributed by atoms with E-state index in [0.717, 1.165) is 18.2 Å². The van der Waals surface area contributed by atoms with Crippen molar-refractivity contribution in [1.82, 2.24) is 19.6 Å². The third-order valence-corrected chi connectivity index (χ3v) is 4.19. The average Bonchev–Trinajstić information content (AvgIpc) is 2.94. The number of aromatic nitrogens is 2. The van der Waals surface area contributed by atoms with Gasteiger partial charge < -0.3 is 9.88 Å². The van der Waals surface area contributed by atoms with Crippen LogP contribution in [0.25, 0.3) is 0 Å². The van der Waals surface area contributed by atoms with Gasteiger partial charge in [-0.05, 0) is 18.2 Å². The van der Waals surface area contributed by atoms with Crippen molar-refractivity contribution in [3.8, 4) is 0 Å². The molecule has 2 aromatic rings. The van der Waals surface area contributed by atoms with Gasteiger partial charge in [-0.3, -0.25) is 4.79 Å². The summed E-state index contributed by atoms with van der Waals surface area (Å²) in [5, 5.41) is 2.26. The van der Waals surface area contributed by atoms with Gasteiger partial charge in [-0.25, -0.2) is 26.9 Å². The van der Waals surface area contributed by atoms with E-state index in [1.807, 2.05) is 0 Å². The number of imidazole rings is 1. The monoisotopic (exact) mass is 344 g/mol. The Morgan fingerprint density at radius 2 is 2.00 bits per heavy atom. The van der Waals surface area contributed by atoms with Gasteiger partial charge in [-0.15, -0.1) is 0 Å². The second-order valence-corrected chi connectivity index (χ2v) is 6.37. The summed E-state index contributed by atoms with van der Waals surface area (Å²) in [4.78, 5) is 15.4. The summed E-state index contributed by atoms with van der Waals surface area (Å²) in [6, 6.07) is 2.74. The summed E-state index contributed by atoms with van der Waals surface area (Å²) in [5.74, 6) is -2.82. The Morgan fingerprint density at radius 3 is 2.61 bits per heavy atom. The molecule has 2 rings (SSSR count). The molecule has 0 atom stereocenters. The molecule has 1 amide bonds. The molecule has 0 saturated heterocycles. The number of halogens is 2. The third-order valence-electron chi connectivity index (χ3n) is 2.84. The van der Waals surface area contributed by atoms with Crippen molar-refractivity contribution in [3.63, 3.8) is 0 Å². The number of benzene rings is 1. The van der Waals surface area contributed by atoms with Crippen molar-refractivity contribution in [2.24, 2.45) is 7.05 Å². The second kappa shape index (κ2) is 6.84. The maximum atomic E-state index is 13.0. The largest absolute Gasteiger partial charge is 0.351 e. The van der Waals surface area contributed by atoms with Crippen LogP contribution in [0.15, 0.2) is 35.7 Å². The Balaban J connectivity index is 1.85. The Hall–Kier alpha value is -2.33. The number of carbonyl (C=O) groups excluding carboxylic acids is 1. The molecular weight excluding hydrogens is 330 g/mol. The highest BCUT2D eigenvalue weighted by Gasteiger charge is 2.16. The Morgan fingerprint density at radius 1 is 1.26 bits per heavy atom. The zero-order valence-electron chi connectivity index (χ0n) is 12.1. The van der Waals surface area contributed by atoms with Gasteiger partial charge in [0.15, 0.2) is 16.7 Å². The first-order chi connectivity index (χ1) is 10.8. The number of amides is 1. The fourth-order valence-electron chi connectivity index (χ4n) is 1.70. The molecule has 23 heavy (non-hydrogen) atoms. The molecule has 1 aromatic heterocycles. The van der Waals surface area contributed by atoms with Gasteiger partial charge in [0.05, 0.1) is 6.33 Å². The van der Waals surface area contributed by atoms with Gasteiger partial charge in [-0.1, -0.05) is 0 Å². The van der Waals surface area contributed by atoms with Crippen molar-refractivity contribution < 1.29 is 22.0 Å². The van der Waals surface area contributed by atoms with Gasteiger partial charge >= 0.3 is 0 Å². The molecule has 0 aliphatic heterocycles. The molecule has 0 fully saturated rings. The summed E-state index contributed by atoms with van der Waals surface area (Å²) in [7, 11) is -2.12. The molecule has 2 N–H and O–H groups in total. The zero-order valence-corrected chi connectivity index (χ0v) is 12.9. The lowest BCUT2D eigenvalue weighted by Gasteiger charge is -2.07. The molecule has 7 nitrogen and oxygen atoms in total. The summed E-state index contributed by atoms with van der Waals surface area (Å²) in [6.07, 6.45) is 2.68. The van der Waals surface area contributed by atoms with Crippen LogP contribution in [0.1, 0.15) is 10.4 Å². The first kappa shape index (κ1) is 17.0. The van der Waals surface area contributed by atoms with Gasteiger partial charge in [-0.2, -0.15) is 0 Å². The molecular formula is C13H14F2N4O3S. The van der Waals surface area contributed by atoms with Crippen LogP contribution in [0.2, 0.25) is 0 Å². The highest BCUT2D eigenvalue weighted by Crippen LogP contribution is 2.08. The minimum absolute atomic E-state index is 0.0239. The Labute approximate surface area is 131 Å². The van der Waals surface area contributed by atoms with E-state index in [4.69, 9.17) is 0 Å². The predicted molar refractivity (Wildman–Crippen MR) is 77.1 cm³/mol. The average molecular weight is 344 g/mol. The molecule has 0 aliphatic carbocycles. The van der Waals surface area contributed by atoms with E-state index >= 15 is 0 Å². The number of aryl methyl sites for hydroxylation is 1. The SMILES string of the molecule is Cn1cnc(S(=O)(=O)NCCNC(=O)c2ccc(F)c(F)c2)c1. The lowest BCUT2D eigenvalue weighted by Crippen LogP contribution is -2.34. The summed E-state index contributed by atoms with van der Waals surface area (Å²) < 4.78 is 53.2. The smallest absolute Gasteiger partial charge is 0.259 e. The van der Waals surface area contributed by atoms with Crippen LogP contribution in [-0.2, 0) is 17.1 Å². The van der Waals surface area contributed by atoms with Crippen LogP contribution in [0.3, 0.4) is 0 Å². The van der Waals surface area contributed by atoms with Gasteiger partial charge in [0.1, 0.15) is 0 Å². The van der Waals surface area contributed by atoms with Crippen molar-refractivity contribution in [2.75, 3.05) is 13.1 Å². The molecule has 0 bridgehead atoms. The summed E-state index contributed by atoms with van der Waals surface area (Å²) in [5.41, 5.74) is -0.0588. The second-order valence-electron chi connectivity index (χ2n) is 4.66. The summed E-state index contributed by atoms with van der Waals surface area (Å²) in [6.45, 7) is -0.0990. The molecule has 0 unspecified atom stereocenters. The molecule has 10 heteroatoms. The van der Waals surface area contributed by atoms with Gasteiger partial charge in [0, 0.05) is 31.9 Å². The van der Waals surface area contributed by atoms with Crippen molar-refractivity contribution in [2.45, 2.75) is 5.03 Å². The molecule has 0 aliphatic rings. The first-order valence-corrected chi connectivity index (χ1v) is 7.99. The maximum Gasteiger partial charge on any atom is 0.259 e. The third kappa shape index (κ3) is 4.33. The van der Waals surface area contributed by atoms with Crippen molar-refractivity contribution in [1.29, 1.82) is 0 Å². The fraction of sp³-hybridized carbons (Fsp3) is 0.231. The van der Waals surface area contributed by atoms with E-state index in [1.165, 1.54) is 17.1 Å². The van der Waals surface area contributed by atoms with E-state index in [-0.39, 0.29) is 23.7 Å². The van der Waals surface area contributed by atoms with Gasteiger partial charge in [0.25, 0.3) is 15.9 Å². The Kier molecular flexibility index (Phi) is 5.06. The zero-order chi connectivity index (χ0) is 17.0. The number of nitrogens with one attached hydrogen (secondary N) is 2. The minimum Gasteiger partial charge on any atom is -0.351 e. The standard InChI is InChI=1S/C13H14F2N4O3S/c1-19-7-12(17-8-19)23(21,22)18-5-4-16-13(20)9-2-3-10(14)11(15)6-9/h2-3,6-8,18H,4-5H2,1H3,(H,16,20). The van der Waals surface area contributed by atoms with Crippen LogP contribution in [0, 0.1) is 11.6 Å². The van der Waals surface area contributed by atoms with E-state index in [2.05, 4.69) is 15.0 Å². The van der Waals surface area contributed by atoms with Crippen LogP contribution in [0.4, 0.5) is 8.78 Å². The number of hydrogen-bond donors (Lipinski definition) is 2. The van der Waals surface area contributed by atoms with Crippen molar-refractivity contribution in [3.05, 3.63) is 47.9 Å². The highest BCUT2D eigenvalue weighted by atomic mass is 32.2. The fourth-order valence-corrected chi connectivity index (χ4v) is 2.71. The maximum absolute atomic E-state index is 13.0.